The third-order valence-corrected chi connectivity index (χ3v) is 4.18. The summed E-state index contributed by atoms with van der Waals surface area (Å²) in [4.78, 5) is 27.4. The fourth-order valence-corrected chi connectivity index (χ4v) is 2.78. The second-order valence-corrected chi connectivity index (χ2v) is 5.81. The second kappa shape index (κ2) is 9.88. The summed E-state index contributed by atoms with van der Waals surface area (Å²) in [5.74, 6) is 0.951. The van der Waals surface area contributed by atoms with Gasteiger partial charge >= 0.3 is 6.09 Å². The number of methoxy groups -OCH3 is 1. The van der Waals surface area contributed by atoms with Gasteiger partial charge in [0.05, 0.1) is 13.7 Å². The third kappa shape index (κ3) is 5.63. The zero-order valence-corrected chi connectivity index (χ0v) is 15.0. The molecule has 0 radical (unpaired) electrons. The molecule has 0 aromatic heterocycles. The highest BCUT2D eigenvalue weighted by atomic mass is 16.6. The maximum Gasteiger partial charge on any atom is 0.409 e. The molecule has 2 amide bonds. The lowest BCUT2D eigenvalue weighted by molar-refractivity contribution is -0.132. The molecule has 0 spiro atoms. The molecule has 25 heavy (non-hydrogen) atoms. The van der Waals surface area contributed by atoms with Gasteiger partial charge in [0.2, 0.25) is 5.91 Å². The number of piperazine rings is 1. The van der Waals surface area contributed by atoms with Crippen LogP contribution in [-0.4, -0.2) is 68.2 Å². The van der Waals surface area contributed by atoms with Crippen LogP contribution >= 0.6 is 0 Å². The van der Waals surface area contributed by atoms with Crippen molar-refractivity contribution in [2.24, 2.45) is 0 Å². The number of carbonyl (C=O) groups is 2. The average Bonchev–Trinajstić information content (AvgIpc) is 2.65. The molecule has 0 saturated carbocycles. The predicted octanol–water partition coefficient (Wildman–Crippen LogP) is 1.48. The van der Waals surface area contributed by atoms with Gasteiger partial charge in [-0.25, -0.2) is 4.79 Å². The Bertz CT molecular complexity index is 571. The number of rotatable bonds is 7. The number of carbonyl (C=O) groups excluding carboxylic acids is 2. The highest BCUT2D eigenvalue weighted by molar-refractivity contribution is 5.77. The van der Waals surface area contributed by atoms with Crippen molar-refractivity contribution in [3.8, 4) is 5.75 Å². The average molecular weight is 349 g/mol. The van der Waals surface area contributed by atoms with Crippen LogP contribution in [0.2, 0.25) is 0 Å². The second-order valence-electron chi connectivity index (χ2n) is 5.81. The molecule has 1 aromatic carbocycles. The van der Waals surface area contributed by atoms with Crippen molar-refractivity contribution in [3.63, 3.8) is 0 Å². The molecular weight excluding hydrogens is 322 g/mol. The number of para-hydroxylation sites is 1. The lowest BCUT2D eigenvalue weighted by atomic mass is 10.2. The van der Waals surface area contributed by atoms with Gasteiger partial charge in [0.25, 0.3) is 0 Å². The molecule has 7 nitrogen and oxygen atoms in total. The molecular formula is C18H27N3O4. The topological polar surface area (TPSA) is 71.1 Å². The number of nitrogens with zero attached hydrogens (tertiary/aromatic N) is 2. The van der Waals surface area contributed by atoms with Crippen molar-refractivity contribution in [2.75, 3.05) is 46.4 Å². The first kappa shape index (κ1) is 19.1. The van der Waals surface area contributed by atoms with E-state index in [1.807, 2.05) is 24.3 Å². The van der Waals surface area contributed by atoms with Crippen LogP contribution in [0.1, 0.15) is 18.9 Å². The Morgan fingerprint density at radius 1 is 1.12 bits per heavy atom. The molecule has 1 heterocycles. The van der Waals surface area contributed by atoms with Crippen molar-refractivity contribution < 1.29 is 19.1 Å². The molecule has 1 fully saturated rings. The van der Waals surface area contributed by atoms with E-state index < -0.39 is 0 Å². The predicted molar refractivity (Wildman–Crippen MR) is 94.5 cm³/mol. The number of hydrogen-bond donors (Lipinski definition) is 1. The summed E-state index contributed by atoms with van der Waals surface area (Å²) in [5, 5.41) is 3.28. The minimum atomic E-state index is -0.298. The highest BCUT2D eigenvalue weighted by Crippen LogP contribution is 2.16. The first-order chi connectivity index (χ1) is 12.2. The molecule has 0 atom stereocenters. The van der Waals surface area contributed by atoms with E-state index >= 15 is 0 Å². The summed E-state index contributed by atoms with van der Waals surface area (Å²) in [6, 6.07) is 7.82. The van der Waals surface area contributed by atoms with Crippen LogP contribution in [0, 0.1) is 0 Å². The molecule has 1 aliphatic heterocycles. The van der Waals surface area contributed by atoms with E-state index in [1.165, 1.54) is 0 Å². The van der Waals surface area contributed by atoms with Gasteiger partial charge in [-0.2, -0.15) is 0 Å². The van der Waals surface area contributed by atoms with Crippen LogP contribution in [0.15, 0.2) is 24.3 Å². The quantitative estimate of drug-likeness (QED) is 0.755. The van der Waals surface area contributed by atoms with Gasteiger partial charge in [-0.1, -0.05) is 18.2 Å². The molecule has 0 bridgehead atoms. The maximum atomic E-state index is 12.3. The summed E-state index contributed by atoms with van der Waals surface area (Å²) < 4.78 is 10.3. The van der Waals surface area contributed by atoms with Gasteiger partial charge in [-0.15, -0.1) is 0 Å². The van der Waals surface area contributed by atoms with Crippen LogP contribution < -0.4 is 10.1 Å². The lowest BCUT2D eigenvalue weighted by Gasteiger charge is -2.34. The number of hydrogen-bond acceptors (Lipinski definition) is 5. The maximum absolute atomic E-state index is 12.3. The first-order valence-corrected chi connectivity index (χ1v) is 8.67. The smallest absolute Gasteiger partial charge is 0.409 e. The zero-order valence-electron chi connectivity index (χ0n) is 15.0. The third-order valence-electron chi connectivity index (χ3n) is 4.18. The largest absolute Gasteiger partial charge is 0.496 e. The van der Waals surface area contributed by atoms with E-state index in [4.69, 9.17) is 9.47 Å². The number of amides is 2. The summed E-state index contributed by atoms with van der Waals surface area (Å²) in [5.41, 5.74) is 1.07. The zero-order chi connectivity index (χ0) is 18.1. The van der Waals surface area contributed by atoms with Crippen molar-refractivity contribution in [2.45, 2.75) is 19.9 Å². The summed E-state index contributed by atoms with van der Waals surface area (Å²) >= 11 is 0. The molecule has 0 aliphatic carbocycles. The number of benzene rings is 1. The van der Waals surface area contributed by atoms with Gasteiger partial charge in [0, 0.05) is 51.3 Å². The molecule has 138 valence electrons. The molecule has 1 aliphatic rings. The minimum Gasteiger partial charge on any atom is -0.496 e. The Labute approximate surface area is 148 Å². The van der Waals surface area contributed by atoms with E-state index in [0.717, 1.165) is 11.3 Å². The van der Waals surface area contributed by atoms with Crippen molar-refractivity contribution in [3.05, 3.63) is 29.8 Å². The Morgan fingerprint density at radius 3 is 2.48 bits per heavy atom. The number of ether oxygens (including phenoxy) is 2. The molecule has 1 N–H and O–H groups in total. The Balaban J connectivity index is 1.67. The normalized spacial score (nSPS) is 14.3. The summed E-state index contributed by atoms with van der Waals surface area (Å²) in [6.45, 7) is 5.60. The van der Waals surface area contributed by atoms with E-state index in [-0.39, 0.29) is 12.0 Å². The van der Waals surface area contributed by atoms with Gasteiger partial charge in [0.15, 0.2) is 0 Å². The van der Waals surface area contributed by atoms with Gasteiger partial charge in [0.1, 0.15) is 5.75 Å². The van der Waals surface area contributed by atoms with Gasteiger partial charge in [-0.3, -0.25) is 4.79 Å². The summed E-state index contributed by atoms with van der Waals surface area (Å²) in [7, 11) is 1.65. The molecule has 0 unspecified atom stereocenters. The first-order valence-electron chi connectivity index (χ1n) is 8.67. The molecule has 2 rings (SSSR count). The monoisotopic (exact) mass is 349 g/mol. The Kier molecular flexibility index (Phi) is 7.53. The van der Waals surface area contributed by atoms with Crippen LogP contribution in [0.4, 0.5) is 4.79 Å². The van der Waals surface area contributed by atoms with E-state index in [1.54, 1.807) is 23.8 Å². The SMILES string of the molecule is CCOC(=O)N1CCN(C(=O)CCNCc2ccccc2OC)CC1. The molecule has 1 saturated heterocycles. The fourth-order valence-electron chi connectivity index (χ4n) is 2.78. The van der Waals surface area contributed by atoms with Crippen LogP contribution in [0.5, 0.6) is 5.75 Å². The van der Waals surface area contributed by atoms with Crippen LogP contribution in [0.3, 0.4) is 0 Å². The van der Waals surface area contributed by atoms with Gasteiger partial charge < -0.3 is 24.6 Å². The lowest BCUT2D eigenvalue weighted by Crippen LogP contribution is -2.51. The number of nitrogens with one attached hydrogen (secondary N) is 1. The fraction of sp³-hybridized carbons (Fsp3) is 0.556. The van der Waals surface area contributed by atoms with E-state index in [0.29, 0.717) is 52.3 Å². The molecule has 7 heteroatoms. The van der Waals surface area contributed by atoms with Crippen molar-refractivity contribution in [1.82, 2.24) is 15.1 Å². The van der Waals surface area contributed by atoms with Crippen LogP contribution in [0.25, 0.3) is 0 Å². The highest BCUT2D eigenvalue weighted by Gasteiger charge is 2.24. The van der Waals surface area contributed by atoms with Crippen LogP contribution in [-0.2, 0) is 16.1 Å². The minimum absolute atomic E-state index is 0.107. The van der Waals surface area contributed by atoms with Crippen molar-refractivity contribution in [1.29, 1.82) is 0 Å². The van der Waals surface area contributed by atoms with Crippen molar-refractivity contribution >= 4 is 12.0 Å². The van der Waals surface area contributed by atoms with E-state index in [9.17, 15) is 9.59 Å². The van der Waals surface area contributed by atoms with Gasteiger partial charge in [-0.05, 0) is 13.0 Å². The Morgan fingerprint density at radius 2 is 1.80 bits per heavy atom. The standard InChI is InChI=1S/C18H27N3O4/c1-3-25-18(23)21-12-10-20(11-13-21)17(22)8-9-19-14-15-6-4-5-7-16(15)24-2/h4-7,19H,3,8-14H2,1-2H3. The molecule has 1 aromatic rings. The Hall–Kier alpha value is -2.28. The van der Waals surface area contributed by atoms with E-state index in [2.05, 4.69) is 5.32 Å². The summed E-state index contributed by atoms with van der Waals surface area (Å²) in [6.07, 6.45) is 0.141.